The van der Waals surface area contributed by atoms with Gasteiger partial charge in [-0.05, 0) is 54.5 Å². The lowest BCUT2D eigenvalue weighted by molar-refractivity contribution is -0.119. The molecule has 5 heteroatoms. The van der Waals surface area contributed by atoms with Crippen molar-refractivity contribution in [1.82, 2.24) is 4.90 Å². The van der Waals surface area contributed by atoms with Gasteiger partial charge >= 0.3 is 0 Å². The Kier molecular flexibility index (Phi) is 5.36. The topological polar surface area (TPSA) is 49.4 Å². The molecule has 0 unspecified atom stereocenters. The number of thiophene rings is 1. The van der Waals surface area contributed by atoms with E-state index in [2.05, 4.69) is 11.4 Å². The van der Waals surface area contributed by atoms with Crippen molar-refractivity contribution in [2.45, 2.75) is 50.6 Å². The van der Waals surface area contributed by atoms with Crippen molar-refractivity contribution in [3.8, 4) is 0 Å². The lowest BCUT2D eigenvalue weighted by atomic mass is 9.80. The predicted octanol–water partition coefficient (Wildman–Crippen LogP) is 5.92. The van der Waals surface area contributed by atoms with E-state index >= 15 is 0 Å². The van der Waals surface area contributed by atoms with E-state index in [-0.39, 0.29) is 23.9 Å². The molecule has 3 aromatic rings. The summed E-state index contributed by atoms with van der Waals surface area (Å²) in [6.45, 7) is 2.00. The highest BCUT2D eigenvalue weighted by Crippen LogP contribution is 2.47. The summed E-state index contributed by atoms with van der Waals surface area (Å²) in [5.41, 5.74) is 3.33. The Morgan fingerprint density at radius 3 is 2.48 bits per heavy atom. The minimum atomic E-state index is -0.451. The number of carbonyl (C=O) groups is 2. The van der Waals surface area contributed by atoms with Gasteiger partial charge in [-0.1, -0.05) is 55.3 Å². The van der Waals surface area contributed by atoms with Crippen LogP contribution in [0.3, 0.4) is 0 Å². The number of hydrogen-bond acceptors (Lipinski definition) is 3. The Balaban J connectivity index is 1.63. The number of benzene rings is 2. The van der Waals surface area contributed by atoms with E-state index in [1.807, 2.05) is 71.8 Å². The van der Waals surface area contributed by atoms with Gasteiger partial charge in [-0.2, -0.15) is 0 Å². The van der Waals surface area contributed by atoms with Crippen LogP contribution in [0.25, 0.3) is 0 Å². The quantitative estimate of drug-likeness (QED) is 0.559. The number of para-hydroxylation sites is 1. The molecule has 158 valence electrons. The van der Waals surface area contributed by atoms with Crippen LogP contribution >= 0.6 is 11.3 Å². The minimum Gasteiger partial charge on any atom is -0.327 e. The highest BCUT2D eigenvalue weighted by atomic mass is 32.1. The Morgan fingerprint density at radius 2 is 1.74 bits per heavy atom. The molecule has 1 aliphatic carbocycles. The fraction of sp³-hybridized carbons (Fsp3) is 0.308. The molecule has 31 heavy (non-hydrogen) atoms. The third kappa shape index (κ3) is 3.57. The molecule has 2 atom stereocenters. The number of hydrogen-bond donors (Lipinski definition) is 1. The SMILES string of the molecule is Cc1ccccc1NC(=O)[C@@H]1c2ccccc2C(=O)N(C2CCCC2)[C@H]1c1cccs1. The second kappa shape index (κ2) is 8.31. The highest BCUT2D eigenvalue weighted by Gasteiger charge is 2.47. The molecule has 1 fully saturated rings. The summed E-state index contributed by atoms with van der Waals surface area (Å²) in [4.78, 5) is 30.6. The van der Waals surface area contributed by atoms with Crippen molar-refractivity contribution < 1.29 is 9.59 Å². The summed E-state index contributed by atoms with van der Waals surface area (Å²) >= 11 is 1.63. The van der Waals surface area contributed by atoms with Gasteiger partial charge in [0, 0.05) is 22.2 Å². The number of aryl methyl sites for hydroxylation is 1. The van der Waals surface area contributed by atoms with Crippen molar-refractivity contribution in [2.24, 2.45) is 0 Å². The van der Waals surface area contributed by atoms with Gasteiger partial charge in [0.1, 0.15) is 0 Å². The van der Waals surface area contributed by atoms with Gasteiger partial charge in [-0.3, -0.25) is 9.59 Å². The highest BCUT2D eigenvalue weighted by molar-refractivity contribution is 7.10. The zero-order valence-corrected chi connectivity index (χ0v) is 18.4. The molecule has 1 saturated carbocycles. The summed E-state index contributed by atoms with van der Waals surface area (Å²) in [7, 11) is 0. The van der Waals surface area contributed by atoms with Gasteiger partial charge in [0.25, 0.3) is 5.91 Å². The van der Waals surface area contributed by atoms with Crippen LogP contribution in [0.5, 0.6) is 0 Å². The summed E-state index contributed by atoms with van der Waals surface area (Å²) in [6, 6.07) is 19.4. The van der Waals surface area contributed by atoms with Crippen LogP contribution in [-0.4, -0.2) is 22.8 Å². The molecule has 0 bridgehead atoms. The smallest absolute Gasteiger partial charge is 0.254 e. The van der Waals surface area contributed by atoms with Crippen LogP contribution in [0, 0.1) is 6.92 Å². The number of carbonyl (C=O) groups excluding carboxylic acids is 2. The molecule has 1 aromatic heterocycles. The Labute approximate surface area is 186 Å². The molecule has 0 radical (unpaired) electrons. The number of amides is 2. The molecule has 2 heterocycles. The van der Waals surface area contributed by atoms with Crippen molar-refractivity contribution in [3.05, 3.63) is 87.6 Å². The average molecular weight is 431 g/mol. The summed E-state index contributed by atoms with van der Waals surface area (Å²) in [5, 5.41) is 5.20. The van der Waals surface area contributed by atoms with E-state index in [1.165, 1.54) is 0 Å². The van der Waals surface area contributed by atoms with E-state index in [1.54, 1.807) is 11.3 Å². The van der Waals surface area contributed by atoms with Crippen LogP contribution < -0.4 is 5.32 Å². The third-order valence-electron chi connectivity index (χ3n) is 6.61. The van der Waals surface area contributed by atoms with Crippen LogP contribution in [0.4, 0.5) is 5.69 Å². The van der Waals surface area contributed by atoms with Gasteiger partial charge in [0.15, 0.2) is 0 Å². The molecule has 0 saturated heterocycles. The molecule has 2 amide bonds. The van der Waals surface area contributed by atoms with E-state index in [0.717, 1.165) is 47.4 Å². The first-order chi connectivity index (χ1) is 15.1. The van der Waals surface area contributed by atoms with E-state index in [4.69, 9.17) is 0 Å². The summed E-state index contributed by atoms with van der Waals surface area (Å²) in [5.74, 6) is -0.454. The molecule has 1 aliphatic heterocycles. The monoisotopic (exact) mass is 430 g/mol. The van der Waals surface area contributed by atoms with Gasteiger partial charge < -0.3 is 10.2 Å². The molecule has 5 rings (SSSR count). The Morgan fingerprint density at radius 1 is 1.00 bits per heavy atom. The fourth-order valence-electron chi connectivity index (χ4n) is 5.10. The van der Waals surface area contributed by atoms with Gasteiger partial charge in [0.05, 0.1) is 12.0 Å². The van der Waals surface area contributed by atoms with Crippen molar-refractivity contribution in [2.75, 3.05) is 5.32 Å². The fourth-order valence-corrected chi connectivity index (χ4v) is 5.96. The van der Waals surface area contributed by atoms with E-state index < -0.39 is 5.92 Å². The van der Waals surface area contributed by atoms with Gasteiger partial charge in [-0.25, -0.2) is 0 Å². The van der Waals surface area contributed by atoms with Crippen molar-refractivity contribution >= 4 is 28.8 Å². The minimum absolute atomic E-state index is 0.0563. The molecule has 0 spiro atoms. The largest absolute Gasteiger partial charge is 0.327 e. The Hall–Kier alpha value is -2.92. The third-order valence-corrected chi connectivity index (χ3v) is 7.56. The number of fused-ring (bicyclic) bond motifs is 1. The first-order valence-electron chi connectivity index (χ1n) is 11.0. The molecule has 2 aromatic carbocycles. The number of nitrogens with one attached hydrogen (secondary N) is 1. The molecular weight excluding hydrogens is 404 g/mol. The second-order valence-corrected chi connectivity index (χ2v) is 9.46. The van der Waals surface area contributed by atoms with Crippen LogP contribution in [-0.2, 0) is 4.79 Å². The zero-order chi connectivity index (χ0) is 21.4. The van der Waals surface area contributed by atoms with E-state index in [0.29, 0.717) is 5.56 Å². The number of anilines is 1. The summed E-state index contributed by atoms with van der Waals surface area (Å²) < 4.78 is 0. The summed E-state index contributed by atoms with van der Waals surface area (Å²) in [6.07, 6.45) is 4.27. The molecular formula is C26H26N2O2S. The maximum atomic E-state index is 13.8. The molecule has 1 N–H and O–H groups in total. The first-order valence-corrected chi connectivity index (χ1v) is 11.8. The van der Waals surface area contributed by atoms with E-state index in [9.17, 15) is 9.59 Å². The van der Waals surface area contributed by atoms with Crippen LogP contribution in [0.15, 0.2) is 66.0 Å². The maximum absolute atomic E-state index is 13.8. The normalized spacial score (nSPS) is 21.2. The van der Waals surface area contributed by atoms with Gasteiger partial charge in [0.2, 0.25) is 5.91 Å². The van der Waals surface area contributed by atoms with Crippen LogP contribution in [0.2, 0.25) is 0 Å². The average Bonchev–Trinajstić information content (AvgIpc) is 3.49. The lowest BCUT2D eigenvalue weighted by Crippen LogP contribution is -2.49. The molecule has 4 nitrogen and oxygen atoms in total. The molecule has 2 aliphatic rings. The van der Waals surface area contributed by atoms with Gasteiger partial charge in [-0.15, -0.1) is 11.3 Å². The maximum Gasteiger partial charge on any atom is 0.254 e. The number of rotatable bonds is 4. The Bertz CT molecular complexity index is 1100. The van der Waals surface area contributed by atoms with Crippen molar-refractivity contribution in [3.63, 3.8) is 0 Å². The predicted molar refractivity (Wildman–Crippen MR) is 124 cm³/mol. The number of nitrogens with zero attached hydrogens (tertiary/aromatic N) is 1. The zero-order valence-electron chi connectivity index (χ0n) is 17.6. The van der Waals surface area contributed by atoms with Crippen LogP contribution in [0.1, 0.15) is 64.0 Å². The van der Waals surface area contributed by atoms with Crippen molar-refractivity contribution in [1.29, 1.82) is 0 Å². The standard InChI is InChI=1S/C26H26N2O2S/c1-17-9-2-7-14-21(17)27-25(29)23-19-12-5-6-13-20(19)26(30)28(18-10-3-4-11-18)24(23)22-15-8-16-31-22/h2,5-9,12-16,18,23-24H,3-4,10-11H2,1H3,(H,27,29)/t23-,24+/m1/s1. The first kappa shape index (κ1) is 20.0. The lowest BCUT2D eigenvalue weighted by Gasteiger charge is -2.44. The second-order valence-electron chi connectivity index (χ2n) is 8.48.